The van der Waals surface area contributed by atoms with E-state index >= 15 is 0 Å². The Kier molecular flexibility index (Phi) is 36.3. The quantitative estimate of drug-likeness (QED) is 0.0235. The Labute approximate surface area is 354 Å². The first-order chi connectivity index (χ1) is 28.3. The van der Waals surface area contributed by atoms with Gasteiger partial charge in [0.15, 0.2) is 6.29 Å². The van der Waals surface area contributed by atoms with Crippen LogP contribution < -0.4 is 5.32 Å². The molecule has 1 aliphatic rings. The van der Waals surface area contributed by atoms with Gasteiger partial charge in [0.05, 0.1) is 25.4 Å². The van der Waals surface area contributed by atoms with Crippen LogP contribution >= 0.6 is 0 Å². The SMILES string of the molecule is CCCCCCCCC/C=C/CC/C=C/C(O)C(CO[C@@H]1OC(CO)[C@@H](O)C(O)[C@@H]1O)NC(=O)C(O)CCCCCCCCCCCCCCCCCCCCCC. The monoisotopic (exact) mass is 826 g/mol. The van der Waals surface area contributed by atoms with Gasteiger partial charge in [0.1, 0.15) is 30.5 Å². The zero-order chi connectivity index (χ0) is 42.5. The molecule has 0 saturated carbocycles. The molecule has 7 N–H and O–H groups in total. The summed E-state index contributed by atoms with van der Waals surface area (Å²) in [7, 11) is 0. The lowest BCUT2D eigenvalue weighted by molar-refractivity contribution is -0.302. The molecule has 0 spiro atoms. The minimum absolute atomic E-state index is 0.308. The zero-order valence-corrected chi connectivity index (χ0v) is 37.2. The second kappa shape index (κ2) is 38.5. The molecule has 0 radical (unpaired) electrons. The average molecular weight is 826 g/mol. The summed E-state index contributed by atoms with van der Waals surface area (Å²) in [6.07, 6.45) is 35.6. The minimum atomic E-state index is -1.61. The molecule has 5 unspecified atom stereocenters. The predicted octanol–water partition coefficient (Wildman–Crippen LogP) is 9.25. The summed E-state index contributed by atoms with van der Waals surface area (Å²) in [6, 6.07) is -0.992. The highest BCUT2D eigenvalue weighted by Crippen LogP contribution is 2.23. The van der Waals surface area contributed by atoms with Crippen LogP contribution in [0, 0.1) is 0 Å². The fourth-order valence-electron chi connectivity index (χ4n) is 7.65. The molecule has 0 aromatic carbocycles. The van der Waals surface area contributed by atoms with E-state index in [1.165, 1.54) is 148 Å². The van der Waals surface area contributed by atoms with Gasteiger partial charge in [-0.25, -0.2) is 0 Å². The minimum Gasteiger partial charge on any atom is -0.394 e. The summed E-state index contributed by atoms with van der Waals surface area (Å²) in [5.41, 5.74) is 0. The third-order valence-corrected chi connectivity index (χ3v) is 11.6. The van der Waals surface area contributed by atoms with Gasteiger partial charge < -0.3 is 45.4 Å². The van der Waals surface area contributed by atoms with Crippen LogP contribution in [0.15, 0.2) is 24.3 Å². The lowest BCUT2D eigenvalue weighted by Gasteiger charge is -2.40. The molecule has 1 rings (SSSR count). The molecule has 0 aromatic rings. The van der Waals surface area contributed by atoms with Crippen LogP contribution in [0.1, 0.15) is 213 Å². The number of unbranched alkanes of at least 4 members (excludes halogenated alkanes) is 27. The van der Waals surface area contributed by atoms with Gasteiger partial charge in [-0.3, -0.25) is 4.79 Å². The fourth-order valence-corrected chi connectivity index (χ4v) is 7.65. The molecular formula is C48H91NO9. The van der Waals surface area contributed by atoms with E-state index in [9.17, 15) is 35.4 Å². The normalized spacial score (nSPS) is 21.6. The standard InChI is InChI=1S/C48H91NO9/c1-3-5-7-9-11-13-15-17-18-19-20-21-22-23-25-27-29-31-33-35-37-42(52)47(56)49-40(39-57-48-46(55)45(54)44(53)43(38-50)58-48)41(51)36-34-32-30-28-26-24-16-14-12-10-8-6-4-2/h26,28,34,36,40-46,48,50-55H,3-25,27,29-33,35,37-39H2,1-2H3,(H,49,56)/b28-26+,36-34+/t40?,41?,42?,43?,44-,45?,46+,48-/m1/s1. The molecule has 1 saturated heterocycles. The van der Waals surface area contributed by atoms with E-state index in [-0.39, 0.29) is 6.61 Å². The van der Waals surface area contributed by atoms with E-state index in [2.05, 4.69) is 31.3 Å². The second-order valence-corrected chi connectivity index (χ2v) is 17.0. The van der Waals surface area contributed by atoms with Gasteiger partial charge in [0, 0.05) is 0 Å². The molecule has 1 amide bonds. The Hall–Kier alpha value is -1.37. The van der Waals surface area contributed by atoms with Crippen molar-refractivity contribution in [2.24, 2.45) is 0 Å². The van der Waals surface area contributed by atoms with Gasteiger partial charge >= 0.3 is 0 Å². The number of carbonyl (C=O) groups is 1. The van der Waals surface area contributed by atoms with Crippen LogP contribution in [-0.4, -0.2) is 98.7 Å². The van der Waals surface area contributed by atoms with E-state index < -0.39 is 61.5 Å². The van der Waals surface area contributed by atoms with Crippen molar-refractivity contribution in [1.82, 2.24) is 5.32 Å². The second-order valence-electron chi connectivity index (χ2n) is 17.0. The fraction of sp³-hybridized carbons (Fsp3) is 0.896. The highest BCUT2D eigenvalue weighted by molar-refractivity contribution is 5.80. The van der Waals surface area contributed by atoms with Crippen molar-refractivity contribution in [3.8, 4) is 0 Å². The highest BCUT2D eigenvalue weighted by atomic mass is 16.7. The Morgan fingerprint density at radius 1 is 0.586 bits per heavy atom. The zero-order valence-electron chi connectivity index (χ0n) is 37.2. The molecule has 8 atom stereocenters. The van der Waals surface area contributed by atoms with E-state index in [0.29, 0.717) is 19.3 Å². The third kappa shape index (κ3) is 28.2. The van der Waals surface area contributed by atoms with Gasteiger partial charge in [-0.1, -0.05) is 205 Å². The molecule has 1 heterocycles. The molecule has 342 valence electrons. The molecule has 1 fully saturated rings. The van der Waals surface area contributed by atoms with Crippen molar-refractivity contribution in [3.63, 3.8) is 0 Å². The lowest BCUT2D eigenvalue weighted by atomic mass is 9.99. The molecule has 0 aromatic heterocycles. The maximum Gasteiger partial charge on any atom is 0.249 e. The van der Waals surface area contributed by atoms with Gasteiger partial charge in [0.25, 0.3) is 0 Å². The molecule has 10 heteroatoms. The number of ether oxygens (including phenoxy) is 2. The number of carbonyl (C=O) groups excluding carboxylic acids is 1. The summed E-state index contributed by atoms with van der Waals surface area (Å²) < 4.78 is 11.1. The van der Waals surface area contributed by atoms with Crippen LogP contribution in [-0.2, 0) is 14.3 Å². The first-order valence-electron chi connectivity index (χ1n) is 24.2. The Balaban J connectivity index is 2.36. The van der Waals surface area contributed by atoms with E-state index in [1.54, 1.807) is 6.08 Å². The first-order valence-corrected chi connectivity index (χ1v) is 24.2. The number of aliphatic hydroxyl groups is 6. The van der Waals surface area contributed by atoms with Crippen LogP contribution in [0.3, 0.4) is 0 Å². The first kappa shape index (κ1) is 54.6. The summed E-state index contributed by atoms with van der Waals surface area (Å²) in [6.45, 7) is 3.59. The molecule has 58 heavy (non-hydrogen) atoms. The molecule has 1 aliphatic heterocycles. The Bertz CT molecular complexity index is 979. The third-order valence-electron chi connectivity index (χ3n) is 11.6. The molecule has 0 bridgehead atoms. The molecule has 10 nitrogen and oxygen atoms in total. The predicted molar refractivity (Wildman–Crippen MR) is 236 cm³/mol. The van der Waals surface area contributed by atoms with Gasteiger partial charge in [-0.05, 0) is 32.1 Å². The smallest absolute Gasteiger partial charge is 0.249 e. The Morgan fingerprint density at radius 2 is 1.02 bits per heavy atom. The number of allylic oxidation sites excluding steroid dienone is 3. The van der Waals surface area contributed by atoms with E-state index in [0.717, 1.165) is 32.1 Å². The van der Waals surface area contributed by atoms with Gasteiger partial charge in [0.2, 0.25) is 5.91 Å². The summed E-state index contributed by atoms with van der Waals surface area (Å²) in [5, 5.41) is 64.6. The number of rotatable bonds is 40. The van der Waals surface area contributed by atoms with E-state index in [4.69, 9.17) is 9.47 Å². The highest BCUT2D eigenvalue weighted by Gasteiger charge is 2.44. The largest absolute Gasteiger partial charge is 0.394 e. The number of aliphatic hydroxyl groups excluding tert-OH is 6. The van der Waals surface area contributed by atoms with Crippen LogP contribution in [0.25, 0.3) is 0 Å². The maximum absolute atomic E-state index is 13.0. The summed E-state index contributed by atoms with van der Waals surface area (Å²) in [4.78, 5) is 13.0. The van der Waals surface area contributed by atoms with Gasteiger partial charge in [-0.15, -0.1) is 0 Å². The topological polar surface area (TPSA) is 169 Å². The van der Waals surface area contributed by atoms with Crippen molar-refractivity contribution >= 4 is 5.91 Å². The molecule has 0 aliphatic carbocycles. The molecular weight excluding hydrogens is 735 g/mol. The summed E-state index contributed by atoms with van der Waals surface area (Å²) in [5.74, 6) is -0.624. The van der Waals surface area contributed by atoms with Gasteiger partial charge in [-0.2, -0.15) is 0 Å². The number of amides is 1. The van der Waals surface area contributed by atoms with Crippen molar-refractivity contribution in [3.05, 3.63) is 24.3 Å². The lowest BCUT2D eigenvalue weighted by Crippen LogP contribution is -2.60. The Morgan fingerprint density at radius 3 is 1.50 bits per heavy atom. The number of hydrogen-bond acceptors (Lipinski definition) is 9. The maximum atomic E-state index is 13.0. The van der Waals surface area contributed by atoms with Crippen LogP contribution in [0.4, 0.5) is 0 Å². The average Bonchev–Trinajstić information content (AvgIpc) is 3.22. The van der Waals surface area contributed by atoms with Crippen LogP contribution in [0.2, 0.25) is 0 Å². The van der Waals surface area contributed by atoms with Crippen molar-refractivity contribution in [2.45, 2.75) is 262 Å². The number of hydrogen-bond donors (Lipinski definition) is 7. The van der Waals surface area contributed by atoms with Crippen molar-refractivity contribution in [1.29, 1.82) is 0 Å². The van der Waals surface area contributed by atoms with Crippen molar-refractivity contribution < 1.29 is 44.9 Å². The van der Waals surface area contributed by atoms with Crippen LogP contribution in [0.5, 0.6) is 0 Å². The summed E-state index contributed by atoms with van der Waals surface area (Å²) >= 11 is 0. The van der Waals surface area contributed by atoms with Crippen molar-refractivity contribution in [2.75, 3.05) is 13.2 Å². The van der Waals surface area contributed by atoms with E-state index in [1.807, 2.05) is 6.08 Å². The number of nitrogens with one attached hydrogen (secondary N) is 1.